The van der Waals surface area contributed by atoms with Crippen molar-refractivity contribution in [1.82, 2.24) is 14.8 Å². The van der Waals surface area contributed by atoms with E-state index in [0.29, 0.717) is 0 Å². The Bertz CT molecular complexity index is 753. The number of nitrogens with one attached hydrogen (secondary N) is 1. The van der Waals surface area contributed by atoms with Crippen LogP contribution in [0.2, 0.25) is 0 Å². The molecule has 0 radical (unpaired) electrons. The Morgan fingerprint density at radius 3 is 2.70 bits per heavy atom. The van der Waals surface area contributed by atoms with E-state index in [1.165, 1.54) is 11.3 Å². The summed E-state index contributed by atoms with van der Waals surface area (Å²) in [7, 11) is 1.98. The first-order valence-corrected chi connectivity index (χ1v) is 6.73. The number of aromatic nitrogens is 3. The SMILES string of the molecule is Cc1nn(C)c(C)c1CNc1cccc2cccnc12. The summed E-state index contributed by atoms with van der Waals surface area (Å²) in [6.07, 6.45) is 1.83. The van der Waals surface area contributed by atoms with E-state index in [1.807, 2.05) is 30.9 Å². The van der Waals surface area contributed by atoms with Crippen LogP contribution in [-0.2, 0) is 13.6 Å². The first kappa shape index (κ1) is 12.7. The molecular weight excluding hydrogens is 248 g/mol. The molecule has 2 aromatic heterocycles. The minimum Gasteiger partial charge on any atom is -0.379 e. The molecule has 4 heteroatoms. The van der Waals surface area contributed by atoms with Gasteiger partial charge in [0.15, 0.2) is 0 Å². The zero-order valence-electron chi connectivity index (χ0n) is 12.0. The second kappa shape index (κ2) is 4.96. The monoisotopic (exact) mass is 266 g/mol. The Kier molecular flexibility index (Phi) is 3.14. The highest BCUT2D eigenvalue weighted by Gasteiger charge is 2.09. The summed E-state index contributed by atoms with van der Waals surface area (Å²) in [5, 5.41) is 9.08. The average molecular weight is 266 g/mol. The van der Waals surface area contributed by atoms with Crippen LogP contribution in [-0.4, -0.2) is 14.8 Å². The van der Waals surface area contributed by atoms with E-state index in [0.717, 1.165) is 28.8 Å². The maximum Gasteiger partial charge on any atom is 0.0933 e. The molecule has 0 aliphatic carbocycles. The molecule has 0 saturated carbocycles. The number of hydrogen-bond donors (Lipinski definition) is 1. The van der Waals surface area contributed by atoms with Crippen LogP contribution < -0.4 is 5.32 Å². The van der Waals surface area contributed by atoms with E-state index in [2.05, 4.69) is 46.6 Å². The fourth-order valence-corrected chi connectivity index (χ4v) is 2.50. The van der Waals surface area contributed by atoms with Gasteiger partial charge in [0.2, 0.25) is 0 Å². The van der Waals surface area contributed by atoms with Crippen LogP contribution >= 0.6 is 0 Å². The van der Waals surface area contributed by atoms with E-state index in [-0.39, 0.29) is 0 Å². The van der Waals surface area contributed by atoms with E-state index < -0.39 is 0 Å². The number of fused-ring (bicyclic) bond motifs is 1. The van der Waals surface area contributed by atoms with Gasteiger partial charge in [-0.1, -0.05) is 18.2 Å². The zero-order chi connectivity index (χ0) is 14.1. The molecule has 0 fully saturated rings. The van der Waals surface area contributed by atoms with E-state index in [1.54, 1.807) is 0 Å². The predicted octanol–water partition coefficient (Wildman–Crippen LogP) is 3.20. The molecule has 0 aliphatic rings. The summed E-state index contributed by atoms with van der Waals surface area (Å²) in [5.41, 5.74) is 5.59. The third-order valence-corrected chi connectivity index (χ3v) is 3.75. The van der Waals surface area contributed by atoms with Gasteiger partial charge in [-0.15, -0.1) is 0 Å². The van der Waals surface area contributed by atoms with Crippen molar-refractivity contribution in [3.8, 4) is 0 Å². The smallest absolute Gasteiger partial charge is 0.0933 e. The van der Waals surface area contributed by atoms with Crippen molar-refractivity contribution >= 4 is 16.6 Å². The maximum absolute atomic E-state index is 4.46. The molecule has 0 unspecified atom stereocenters. The van der Waals surface area contributed by atoms with Crippen LogP contribution in [0.4, 0.5) is 5.69 Å². The summed E-state index contributed by atoms with van der Waals surface area (Å²) < 4.78 is 1.92. The van der Waals surface area contributed by atoms with Gasteiger partial charge in [0.25, 0.3) is 0 Å². The average Bonchev–Trinajstić information content (AvgIpc) is 2.70. The first-order valence-electron chi connectivity index (χ1n) is 6.73. The van der Waals surface area contributed by atoms with Gasteiger partial charge in [0, 0.05) is 36.4 Å². The Hall–Kier alpha value is -2.36. The summed E-state index contributed by atoms with van der Waals surface area (Å²) in [4.78, 5) is 4.46. The van der Waals surface area contributed by atoms with Gasteiger partial charge >= 0.3 is 0 Å². The first-order chi connectivity index (χ1) is 9.66. The summed E-state index contributed by atoms with van der Waals surface area (Å²) in [6, 6.07) is 10.2. The molecule has 0 spiro atoms. The van der Waals surface area contributed by atoms with Crippen LogP contribution in [0.1, 0.15) is 17.0 Å². The lowest BCUT2D eigenvalue weighted by Gasteiger charge is -2.09. The second-order valence-corrected chi connectivity index (χ2v) is 5.01. The van der Waals surface area contributed by atoms with Crippen molar-refractivity contribution in [3.63, 3.8) is 0 Å². The van der Waals surface area contributed by atoms with Gasteiger partial charge in [0.1, 0.15) is 0 Å². The largest absolute Gasteiger partial charge is 0.379 e. The standard InChI is InChI=1S/C16H18N4/c1-11-14(12(2)20(3)19-11)10-18-15-8-4-6-13-7-5-9-17-16(13)15/h4-9,18H,10H2,1-3H3. The second-order valence-electron chi connectivity index (χ2n) is 5.01. The van der Waals surface area contributed by atoms with Crippen molar-refractivity contribution in [2.24, 2.45) is 7.05 Å². The predicted molar refractivity (Wildman–Crippen MR) is 81.8 cm³/mol. The molecule has 0 amide bonds. The van der Waals surface area contributed by atoms with Crippen LogP contribution in [0.25, 0.3) is 10.9 Å². The van der Waals surface area contributed by atoms with Gasteiger partial charge in [0.05, 0.1) is 16.9 Å². The van der Waals surface area contributed by atoms with Crippen LogP contribution in [0.15, 0.2) is 36.5 Å². The van der Waals surface area contributed by atoms with Crippen LogP contribution in [0.5, 0.6) is 0 Å². The van der Waals surface area contributed by atoms with Crippen molar-refractivity contribution in [1.29, 1.82) is 0 Å². The lowest BCUT2D eigenvalue weighted by Crippen LogP contribution is -2.03. The van der Waals surface area contributed by atoms with Gasteiger partial charge in [-0.25, -0.2) is 0 Å². The Morgan fingerprint density at radius 2 is 1.95 bits per heavy atom. The van der Waals surface area contributed by atoms with Crippen LogP contribution in [0.3, 0.4) is 0 Å². The molecule has 3 rings (SSSR count). The number of pyridine rings is 1. The normalized spacial score (nSPS) is 10.9. The number of para-hydroxylation sites is 1. The maximum atomic E-state index is 4.46. The summed E-state index contributed by atoms with van der Waals surface area (Å²) in [6.45, 7) is 4.91. The molecule has 102 valence electrons. The number of aryl methyl sites for hydroxylation is 2. The summed E-state index contributed by atoms with van der Waals surface area (Å²) >= 11 is 0. The third-order valence-electron chi connectivity index (χ3n) is 3.75. The number of nitrogens with zero attached hydrogens (tertiary/aromatic N) is 3. The molecule has 1 N–H and O–H groups in total. The highest BCUT2D eigenvalue weighted by Crippen LogP contribution is 2.22. The number of benzene rings is 1. The molecule has 20 heavy (non-hydrogen) atoms. The number of anilines is 1. The minimum atomic E-state index is 0.765. The zero-order valence-corrected chi connectivity index (χ0v) is 12.0. The molecule has 1 aromatic carbocycles. The van der Waals surface area contributed by atoms with Crippen molar-refractivity contribution in [2.45, 2.75) is 20.4 Å². The van der Waals surface area contributed by atoms with E-state index in [9.17, 15) is 0 Å². The van der Waals surface area contributed by atoms with Crippen molar-refractivity contribution < 1.29 is 0 Å². The topological polar surface area (TPSA) is 42.7 Å². The molecular formula is C16H18N4. The fraction of sp³-hybridized carbons (Fsp3) is 0.250. The lowest BCUT2D eigenvalue weighted by atomic mass is 10.1. The van der Waals surface area contributed by atoms with E-state index in [4.69, 9.17) is 0 Å². The van der Waals surface area contributed by atoms with Crippen molar-refractivity contribution in [3.05, 3.63) is 53.5 Å². The third kappa shape index (κ3) is 2.13. The highest BCUT2D eigenvalue weighted by atomic mass is 15.3. The van der Waals surface area contributed by atoms with Crippen LogP contribution in [0, 0.1) is 13.8 Å². The molecule has 0 saturated heterocycles. The Balaban J connectivity index is 1.91. The molecule has 3 aromatic rings. The van der Waals surface area contributed by atoms with E-state index >= 15 is 0 Å². The summed E-state index contributed by atoms with van der Waals surface area (Å²) in [5.74, 6) is 0. The van der Waals surface area contributed by atoms with Crippen molar-refractivity contribution in [2.75, 3.05) is 5.32 Å². The Labute approximate surface area is 118 Å². The van der Waals surface area contributed by atoms with Gasteiger partial charge < -0.3 is 5.32 Å². The molecule has 0 aliphatic heterocycles. The Morgan fingerprint density at radius 1 is 1.15 bits per heavy atom. The fourth-order valence-electron chi connectivity index (χ4n) is 2.50. The molecule has 0 bridgehead atoms. The molecule has 0 atom stereocenters. The molecule has 4 nitrogen and oxygen atoms in total. The van der Waals surface area contributed by atoms with Gasteiger partial charge in [-0.3, -0.25) is 9.67 Å². The number of hydrogen-bond acceptors (Lipinski definition) is 3. The van der Waals surface area contributed by atoms with Gasteiger partial charge in [-0.05, 0) is 26.0 Å². The minimum absolute atomic E-state index is 0.765. The quantitative estimate of drug-likeness (QED) is 0.791. The molecule has 2 heterocycles. The van der Waals surface area contributed by atoms with Gasteiger partial charge in [-0.2, -0.15) is 5.10 Å². The number of rotatable bonds is 3. The highest BCUT2D eigenvalue weighted by molar-refractivity contribution is 5.90. The lowest BCUT2D eigenvalue weighted by molar-refractivity contribution is 0.730.